The number of alkyl halides is 3. The number of benzene rings is 1. The molecule has 1 rings (SSSR count). The number of nitro groups is 1. The molecule has 0 amide bonds. The van der Waals surface area contributed by atoms with Crippen LogP contribution in [0.3, 0.4) is 0 Å². The van der Waals surface area contributed by atoms with Crippen molar-refractivity contribution < 1.29 is 18.1 Å². The molecule has 8 nitrogen and oxygen atoms in total. The fourth-order valence-electron chi connectivity index (χ4n) is 1.29. The molecule has 0 aliphatic heterocycles. The summed E-state index contributed by atoms with van der Waals surface area (Å²) in [6.45, 7) is 0. The summed E-state index contributed by atoms with van der Waals surface area (Å²) in [5, 5.41) is 10.6. The smallest absolute Gasteiger partial charge is 0.370 e. The number of hydrogen-bond acceptors (Lipinski definition) is 3. The lowest BCUT2D eigenvalue weighted by atomic mass is 10.1. The van der Waals surface area contributed by atoms with Gasteiger partial charge in [-0.05, 0) is 22.6 Å². The van der Waals surface area contributed by atoms with E-state index in [0.717, 1.165) is 6.07 Å². The zero-order valence-corrected chi connectivity index (χ0v) is 12.2. The summed E-state index contributed by atoms with van der Waals surface area (Å²) in [7, 11) is 0. The van der Waals surface area contributed by atoms with Crippen LogP contribution in [0.4, 0.5) is 24.5 Å². The largest absolute Gasteiger partial charge is 0.418 e. The highest BCUT2D eigenvalue weighted by molar-refractivity contribution is 14.1. The predicted octanol–water partition coefficient (Wildman–Crippen LogP) is 1.44. The number of non-ortho nitro benzene ring substituents is 1. The average molecular weight is 416 g/mol. The maximum absolute atomic E-state index is 13.0. The molecular weight excluding hydrogens is 408 g/mol. The quantitative estimate of drug-likeness (QED) is 0.220. The molecule has 0 saturated heterocycles. The van der Waals surface area contributed by atoms with E-state index < -0.39 is 40.0 Å². The minimum absolute atomic E-state index is 0.122. The van der Waals surface area contributed by atoms with Gasteiger partial charge >= 0.3 is 6.18 Å². The third-order valence-corrected chi connectivity index (χ3v) is 2.86. The summed E-state index contributed by atoms with van der Waals surface area (Å²) in [5.74, 6) is -1.09. The van der Waals surface area contributed by atoms with E-state index in [1.165, 1.54) is 22.6 Å². The molecule has 0 heterocycles. The van der Waals surface area contributed by atoms with E-state index in [1.807, 2.05) is 0 Å². The highest BCUT2D eigenvalue weighted by Gasteiger charge is 2.36. The number of aliphatic imine (C=N–C) groups is 2. The van der Waals surface area contributed by atoms with Crippen LogP contribution < -0.4 is 17.2 Å². The first-order chi connectivity index (χ1) is 9.52. The number of nitrogens with zero attached hydrogens (tertiary/aromatic N) is 3. The van der Waals surface area contributed by atoms with E-state index in [9.17, 15) is 23.3 Å². The lowest BCUT2D eigenvalue weighted by molar-refractivity contribution is -0.385. The molecule has 114 valence electrons. The van der Waals surface area contributed by atoms with E-state index in [2.05, 4.69) is 9.98 Å². The molecule has 0 saturated carbocycles. The molecule has 0 aliphatic carbocycles. The van der Waals surface area contributed by atoms with Gasteiger partial charge in [-0.2, -0.15) is 18.2 Å². The van der Waals surface area contributed by atoms with Crippen molar-refractivity contribution in [2.45, 2.75) is 6.18 Å². The van der Waals surface area contributed by atoms with Gasteiger partial charge in [0, 0.05) is 15.7 Å². The Hall–Kier alpha value is -2.12. The molecule has 0 aliphatic rings. The second kappa shape index (κ2) is 6.11. The monoisotopic (exact) mass is 416 g/mol. The minimum atomic E-state index is -4.86. The Balaban J connectivity index is 3.58. The van der Waals surface area contributed by atoms with Crippen molar-refractivity contribution in [1.82, 2.24) is 0 Å². The van der Waals surface area contributed by atoms with Gasteiger partial charge in [-0.3, -0.25) is 10.1 Å². The van der Waals surface area contributed by atoms with Gasteiger partial charge in [0.05, 0.1) is 16.2 Å². The van der Waals surface area contributed by atoms with Gasteiger partial charge in [0.2, 0.25) is 5.96 Å². The molecule has 6 N–H and O–H groups in total. The molecule has 1 aromatic carbocycles. The maximum atomic E-state index is 13.0. The van der Waals surface area contributed by atoms with E-state index in [1.54, 1.807) is 0 Å². The highest BCUT2D eigenvalue weighted by atomic mass is 127. The van der Waals surface area contributed by atoms with Crippen LogP contribution in [0.2, 0.25) is 0 Å². The van der Waals surface area contributed by atoms with Gasteiger partial charge in [0.15, 0.2) is 5.96 Å². The molecule has 0 unspecified atom stereocenters. The molecule has 0 atom stereocenters. The molecule has 21 heavy (non-hydrogen) atoms. The lowest BCUT2D eigenvalue weighted by Gasteiger charge is -2.11. The molecule has 12 heteroatoms. The fourth-order valence-corrected chi connectivity index (χ4v) is 2.02. The summed E-state index contributed by atoms with van der Waals surface area (Å²) >= 11 is 1.47. The Labute approximate surface area is 129 Å². The predicted molar refractivity (Wildman–Crippen MR) is 77.9 cm³/mol. The number of halogens is 4. The zero-order chi connectivity index (χ0) is 16.4. The molecule has 0 bridgehead atoms. The van der Waals surface area contributed by atoms with Crippen LogP contribution in [0.5, 0.6) is 0 Å². The Kier molecular flexibility index (Phi) is 4.93. The van der Waals surface area contributed by atoms with Crippen molar-refractivity contribution in [2.75, 3.05) is 0 Å². The van der Waals surface area contributed by atoms with Crippen LogP contribution in [-0.4, -0.2) is 16.8 Å². The Morgan fingerprint density at radius 1 is 1.29 bits per heavy atom. The number of nitro benzene ring substituents is 1. The van der Waals surface area contributed by atoms with E-state index in [-0.39, 0.29) is 3.57 Å². The van der Waals surface area contributed by atoms with E-state index >= 15 is 0 Å². The summed E-state index contributed by atoms with van der Waals surface area (Å²) in [6, 6.07) is 1.29. The van der Waals surface area contributed by atoms with Crippen LogP contribution in [-0.2, 0) is 6.18 Å². The number of hydrogen-bond donors (Lipinski definition) is 3. The average Bonchev–Trinajstić information content (AvgIpc) is 2.28. The first-order valence-electron chi connectivity index (χ1n) is 5.01. The summed E-state index contributed by atoms with van der Waals surface area (Å²) in [4.78, 5) is 16.4. The normalized spacial score (nSPS) is 12.1. The standard InChI is InChI=1S/C9H8F3IN6O2/c10-9(11,12)4-1-3(19(20)21)2-5(13)6(4)17-8(16)18-7(14)15/h1-2H,(H6,14,15,16,17,18). The van der Waals surface area contributed by atoms with Gasteiger partial charge in [-0.15, -0.1) is 0 Å². The third-order valence-electron chi connectivity index (χ3n) is 2.03. The highest BCUT2D eigenvalue weighted by Crippen LogP contribution is 2.41. The van der Waals surface area contributed by atoms with E-state index in [4.69, 9.17) is 17.2 Å². The van der Waals surface area contributed by atoms with Gasteiger partial charge in [-0.25, -0.2) is 4.99 Å². The van der Waals surface area contributed by atoms with Crippen LogP contribution in [0.15, 0.2) is 22.1 Å². The second-order valence-corrected chi connectivity index (χ2v) is 4.75. The van der Waals surface area contributed by atoms with Gasteiger partial charge in [-0.1, -0.05) is 0 Å². The first-order valence-corrected chi connectivity index (χ1v) is 6.09. The topological polar surface area (TPSA) is 146 Å². The van der Waals surface area contributed by atoms with Crippen molar-refractivity contribution in [3.8, 4) is 0 Å². The Bertz CT molecular complexity index is 639. The van der Waals surface area contributed by atoms with Crippen LogP contribution in [0, 0.1) is 13.7 Å². The van der Waals surface area contributed by atoms with Gasteiger partial charge in [0.1, 0.15) is 0 Å². The molecule has 0 radical (unpaired) electrons. The Morgan fingerprint density at radius 3 is 2.29 bits per heavy atom. The first kappa shape index (κ1) is 16.9. The maximum Gasteiger partial charge on any atom is 0.418 e. The SMILES string of the molecule is NC(N)=NC(N)=Nc1c(I)cc([N+](=O)[O-])cc1C(F)(F)F. The second-order valence-electron chi connectivity index (χ2n) is 3.59. The molecular formula is C9H8F3IN6O2. The van der Waals surface area contributed by atoms with Crippen molar-refractivity contribution in [2.24, 2.45) is 27.2 Å². The zero-order valence-electron chi connectivity index (χ0n) is 10.1. The van der Waals surface area contributed by atoms with Crippen LogP contribution in [0.1, 0.15) is 5.56 Å². The minimum Gasteiger partial charge on any atom is -0.370 e. The fraction of sp³-hybridized carbons (Fsp3) is 0.111. The van der Waals surface area contributed by atoms with E-state index in [0.29, 0.717) is 6.07 Å². The Morgan fingerprint density at radius 2 is 1.86 bits per heavy atom. The molecule has 0 spiro atoms. The number of rotatable bonds is 2. The van der Waals surface area contributed by atoms with Crippen molar-refractivity contribution >= 4 is 45.9 Å². The summed E-state index contributed by atoms with van der Waals surface area (Å²) in [6.07, 6.45) is -4.86. The molecule has 0 aromatic heterocycles. The van der Waals surface area contributed by atoms with Crippen LogP contribution in [0.25, 0.3) is 0 Å². The van der Waals surface area contributed by atoms with Crippen LogP contribution >= 0.6 is 22.6 Å². The number of nitrogens with two attached hydrogens (primary N) is 3. The van der Waals surface area contributed by atoms with Gasteiger partial charge < -0.3 is 17.2 Å². The van der Waals surface area contributed by atoms with Crippen molar-refractivity contribution in [3.05, 3.63) is 31.4 Å². The third kappa shape index (κ3) is 4.44. The summed E-state index contributed by atoms with van der Waals surface area (Å²) in [5.41, 5.74) is 12.7. The van der Waals surface area contributed by atoms with Crippen molar-refractivity contribution in [1.29, 1.82) is 0 Å². The number of guanidine groups is 2. The van der Waals surface area contributed by atoms with Crippen molar-refractivity contribution in [3.63, 3.8) is 0 Å². The lowest BCUT2D eigenvalue weighted by Crippen LogP contribution is -2.26. The molecule has 1 aromatic rings. The molecule has 0 fully saturated rings. The summed E-state index contributed by atoms with van der Waals surface area (Å²) < 4.78 is 38.8. The van der Waals surface area contributed by atoms with Gasteiger partial charge in [0.25, 0.3) is 5.69 Å².